The Morgan fingerprint density at radius 3 is 2.76 bits per heavy atom. The van der Waals surface area contributed by atoms with Crippen molar-refractivity contribution in [3.63, 3.8) is 0 Å². The van der Waals surface area contributed by atoms with E-state index in [1.54, 1.807) is 0 Å². The second-order valence-electron chi connectivity index (χ2n) is 6.80. The first-order valence-corrected chi connectivity index (χ1v) is 6.97. The van der Waals surface area contributed by atoms with Gasteiger partial charge in [-0.05, 0) is 43.1 Å². The number of aliphatic hydroxyl groups is 1. The average Bonchev–Trinajstić information content (AvgIpc) is 3.00. The predicted octanol–water partition coefficient (Wildman–Crippen LogP) is 2.91. The van der Waals surface area contributed by atoms with Gasteiger partial charge in [0.15, 0.2) is 0 Å². The van der Waals surface area contributed by atoms with Gasteiger partial charge in [-0.25, -0.2) is 0 Å². The van der Waals surface area contributed by atoms with Crippen molar-refractivity contribution >= 4 is 0 Å². The molecular weight excluding hydrogens is 212 g/mol. The van der Waals surface area contributed by atoms with E-state index in [1.165, 1.54) is 12.0 Å². The molecule has 3 rings (SSSR count). The van der Waals surface area contributed by atoms with Crippen molar-refractivity contribution in [2.24, 2.45) is 17.3 Å². The third-order valence-corrected chi connectivity index (χ3v) is 5.73. The number of aliphatic hydroxyl groups excluding tert-OH is 1. The maximum Gasteiger partial charge on any atom is 0.124 e. The lowest BCUT2D eigenvalue weighted by Crippen LogP contribution is -2.54. The van der Waals surface area contributed by atoms with Crippen LogP contribution in [-0.4, -0.2) is 22.9 Å². The van der Waals surface area contributed by atoms with Gasteiger partial charge in [0.25, 0.3) is 0 Å². The summed E-state index contributed by atoms with van der Waals surface area (Å²) in [5, 5.41) is 10.4. The second-order valence-corrected chi connectivity index (χ2v) is 6.80. The third-order valence-electron chi connectivity index (χ3n) is 5.73. The van der Waals surface area contributed by atoms with E-state index in [2.05, 4.69) is 27.4 Å². The van der Waals surface area contributed by atoms with Gasteiger partial charge in [-0.2, -0.15) is 0 Å². The van der Waals surface area contributed by atoms with Crippen LogP contribution in [0.1, 0.15) is 46.5 Å². The zero-order valence-electron chi connectivity index (χ0n) is 11.2. The molecule has 5 atom stereocenters. The van der Waals surface area contributed by atoms with Crippen LogP contribution in [0.3, 0.4) is 0 Å². The summed E-state index contributed by atoms with van der Waals surface area (Å²) in [6.07, 6.45) is 4.16. The molecule has 3 fully saturated rings. The SMILES string of the molecule is C=C1CC[C@@H](O)[C@]2(C)CC[C@@H](C(C)C)[C@@H]3O[C@@]132. The molecule has 1 N–H and O–H groups in total. The highest BCUT2D eigenvalue weighted by atomic mass is 16.6. The van der Waals surface area contributed by atoms with Crippen LogP contribution in [0.4, 0.5) is 0 Å². The first-order chi connectivity index (χ1) is 7.93. The molecule has 2 saturated carbocycles. The van der Waals surface area contributed by atoms with Crippen molar-refractivity contribution in [2.75, 3.05) is 0 Å². The lowest BCUT2D eigenvalue weighted by Gasteiger charge is -2.49. The zero-order chi connectivity index (χ0) is 12.4. The first kappa shape index (κ1) is 11.7. The maximum atomic E-state index is 10.4. The summed E-state index contributed by atoms with van der Waals surface area (Å²) in [6, 6.07) is 0. The quantitative estimate of drug-likeness (QED) is 0.561. The van der Waals surface area contributed by atoms with Crippen molar-refractivity contribution < 1.29 is 9.84 Å². The fourth-order valence-corrected chi connectivity index (χ4v) is 4.42. The summed E-state index contributed by atoms with van der Waals surface area (Å²) in [5.74, 6) is 1.31. The van der Waals surface area contributed by atoms with Crippen molar-refractivity contribution in [1.29, 1.82) is 0 Å². The largest absolute Gasteiger partial charge is 0.392 e. The first-order valence-electron chi connectivity index (χ1n) is 6.97. The maximum absolute atomic E-state index is 10.4. The zero-order valence-corrected chi connectivity index (χ0v) is 11.2. The average molecular weight is 236 g/mol. The smallest absolute Gasteiger partial charge is 0.124 e. The fraction of sp³-hybridized carbons (Fsp3) is 0.867. The summed E-state index contributed by atoms with van der Waals surface area (Å²) in [7, 11) is 0. The van der Waals surface area contributed by atoms with Crippen LogP contribution in [0.25, 0.3) is 0 Å². The van der Waals surface area contributed by atoms with Gasteiger partial charge in [-0.3, -0.25) is 0 Å². The Bertz CT molecular complexity index is 362. The summed E-state index contributed by atoms with van der Waals surface area (Å²) in [5.41, 5.74) is 0.969. The Morgan fingerprint density at radius 1 is 1.41 bits per heavy atom. The molecule has 2 heteroatoms. The van der Waals surface area contributed by atoms with Gasteiger partial charge in [0, 0.05) is 5.41 Å². The number of rotatable bonds is 1. The molecule has 0 aromatic heterocycles. The van der Waals surface area contributed by atoms with Crippen molar-refractivity contribution in [3.05, 3.63) is 12.2 Å². The van der Waals surface area contributed by atoms with E-state index >= 15 is 0 Å². The Morgan fingerprint density at radius 2 is 2.12 bits per heavy atom. The highest BCUT2D eigenvalue weighted by Crippen LogP contribution is 2.68. The highest BCUT2D eigenvalue weighted by molar-refractivity contribution is 5.36. The second kappa shape index (κ2) is 3.36. The van der Waals surface area contributed by atoms with Gasteiger partial charge < -0.3 is 9.84 Å². The summed E-state index contributed by atoms with van der Waals surface area (Å²) in [6.45, 7) is 11.0. The summed E-state index contributed by atoms with van der Waals surface area (Å²) < 4.78 is 6.17. The van der Waals surface area contributed by atoms with E-state index in [1.807, 2.05) is 0 Å². The number of ether oxygens (including phenoxy) is 1. The molecule has 1 saturated heterocycles. The number of hydrogen-bond acceptors (Lipinski definition) is 2. The van der Waals surface area contributed by atoms with Crippen molar-refractivity contribution in [1.82, 2.24) is 0 Å². The molecule has 1 aliphatic heterocycles. The van der Waals surface area contributed by atoms with Gasteiger partial charge in [0.05, 0.1) is 12.2 Å². The van der Waals surface area contributed by atoms with Gasteiger partial charge in [0.2, 0.25) is 0 Å². The minimum atomic E-state index is -0.217. The van der Waals surface area contributed by atoms with Crippen LogP contribution < -0.4 is 0 Å². The summed E-state index contributed by atoms with van der Waals surface area (Å²) in [4.78, 5) is 0. The molecule has 17 heavy (non-hydrogen) atoms. The van der Waals surface area contributed by atoms with Crippen molar-refractivity contribution in [3.8, 4) is 0 Å². The van der Waals surface area contributed by atoms with E-state index in [4.69, 9.17) is 4.74 Å². The van der Waals surface area contributed by atoms with Crippen LogP contribution >= 0.6 is 0 Å². The molecule has 0 radical (unpaired) electrons. The van der Waals surface area contributed by atoms with E-state index < -0.39 is 0 Å². The van der Waals surface area contributed by atoms with Crippen LogP contribution in [0.2, 0.25) is 0 Å². The topological polar surface area (TPSA) is 32.8 Å². The molecule has 1 spiro atoms. The van der Waals surface area contributed by atoms with Gasteiger partial charge >= 0.3 is 0 Å². The predicted molar refractivity (Wildman–Crippen MR) is 67.7 cm³/mol. The molecule has 2 nitrogen and oxygen atoms in total. The Labute approximate surface area is 104 Å². The normalized spacial score (nSPS) is 53.2. The van der Waals surface area contributed by atoms with E-state index in [0.29, 0.717) is 17.9 Å². The minimum absolute atomic E-state index is 0.0849. The monoisotopic (exact) mass is 236 g/mol. The molecule has 0 amide bonds. The van der Waals surface area contributed by atoms with Crippen LogP contribution in [-0.2, 0) is 4.74 Å². The highest BCUT2D eigenvalue weighted by Gasteiger charge is 2.75. The number of epoxide rings is 1. The molecule has 3 aliphatic rings. The van der Waals surface area contributed by atoms with Crippen LogP contribution in [0.5, 0.6) is 0 Å². The standard InChI is InChI=1S/C15H24O2/c1-9(2)11-7-8-14(4)12(16)6-5-10(3)15(14)13(11)17-15/h9,11-13,16H,3,5-8H2,1-2,4H3/t11-,12+,13-,14-,15-/m0/s1. The molecule has 0 unspecified atom stereocenters. The van der Waals surface area contributed by atoms with E-state index in [9.17, 15) is 5.11 Å². The molecule has 0 aromatic carbocycles. The Hall–Kier alpha value is -0.340. The fourth-order valence-electron chi connectivity index (χ4n) is 4.42. The minimum Gasteiger partial charge on any atom is -0.392 e. The molecule has 1 heterocycles. The lowest BCUT2D eigenvalue weighted by molar-refractivity contribution is -0.0490. The van der Waals surface area contributed by atoms with E-state index in [0.717, 1.165) is 19.3 Å². The van der Waals surface area contributed by atoms with E-state index in [-0.39, 0.29) is 17.1 Å². The number of hydrogen-bond donors (Lipinski definition) is 1. The molecule has 0 aromatic rings. The lowest BCUT2D eigenvalue weighted by atomic mass is 9.54. The summed E-state index contributed by atoms with van der Waals surface area (Å²) >= 11 is 0. The van der Waals surface area contributed by atoms with Crippen LogP contribution in [0.15, 0.2) is 12.2 Å². The molecule has 2 aliphatic carbocycles. The van der Waals surface area contributed by atoms with Gasteiger partial charge in [-0.1, -0.05) is 27.4 Å². The van der Waals surface area contributed by atoms with Crippen LogP contribution in [0, 0.1) is 17.3 Å². The Kier molecular flexibility index (Phi) is 2.32. The van der Waals surface area contributed by atoms with Gasteiger partial charge in [-0.15, -0.1) is 0 Å². The Balaban J connectivity index is 1.97. The molecule has 96 valence electrons. The molecular formula is C15H24O2. The molecule has 0 bridgehead atoms. The third kappa shape index (κ3) is 1.23. The van der Waals surface area contributed by atoms with Crippen molar-refractivity contribution in [2.45, 2.75) is 64.3 Å². The van der Waals surface area contributed by atoms with Gasteiger partial charge in [0.1, 0.15) is 5.60 Å².